The van der Waals surface area contributed by atoms with E-state index in [0.29, 0.717) is 10.8 Å². The van der Waals surface area contributed by atoms with Crippen LogP contribution in [0.5, 0.6) is 0 Å². The van der Waals surface area contributed by atoms with Crippen LogP contribution in [0.4, 0.5) is 5.82 Å². The monoisotopic (exact) mass is 367 g/mol. The molecule has 0 unspecified atom stereocenters. The predicted octanol–water partition coefficient (Wildman–Crippen LogP) is 4.81. The molecule has 3 N–H and O–H groups in total. The highest BCUT2D eigenvalue weighted by Crippen LogP contribution is 2.41. The number of imidazole rings is 1. The van der Waals surface area contributed by atoms with Crippen LogP contribution in [0, 0.1) is 6.92 Å². The van der Waals surface area contributed by atoms with E-state index in [9.17, 15) is 0 Å². The molecule has 4 rings (SSSR count). The third-order valence-corrected chi connectivity index (χ3v) is 5.17. The molecule has 0 aliphatic rings. The van der Waals surface area contributed by atoms with Crippen molar-refractivity contribution in [2.45, 2.75) is 6.92 Å². The number of pyridine rings is 1. The van der Waals surface area contributed by atoms with E-state index < -0.39 is 0 Å². The molecule has 0 aliphatic heterocycles. The maximum atomic E-state index is 6.48. The smallest absolute Gasteiger partial charge is 0.149 e. The van der Waals surface area contributed by atoms with Crippen molar-refractivity contribution >= 4 is 28.8 Å². The van der Waals surface area contributed by atoms with Gasteiger partial charge in [-0.3, -0.25) is 0 Å². The molecule has 0 aliphatic carbocycles. The number of hydrogen-bond donors (Lipinski definition) is 2. The molecule has 1 aromatic carbocycles. The average Bonchev–Trinajstić information content (AvgIpc) is 3.24. The molecule has 4 aromatic rings. The molecule has 0 saturated heterocycles. The molecular weight excluding hydrogens is 354 g/mol. The Morgan fingerprint density at radius 2 is 2.00 bits per heavy atom. The number of aromatic nitrogens is 4. The second kappa shape index (κ2) is 6.31. The summed E-state index contributed by atoms with van der Waals surface area (Å²) in [5.74, 6) is 1.22. The summed E-state index contributed by atoms with van der Waals surface area (Å²) in [6.07, 6.45) is 5.19. The summed E-state index contributed by atoms with van der Waals surface area (Å²) in [7, 11) is 0. The molecule has 0 radical (unpaired) electrons. The molecule has 3 heterocycles. The zero-order chi connectivity index (χ0) is 17.4. The van der Waals surface area contributed by atoms with Crippen molar-refractivity contribution in [1.82, 2.24) is 19.9 Å². The molecule has 7 heteroatoms. The highest BCUT2D eigenvalue weighted by atomic mass is 35.5. The van der Waals surface area contributed by atoms with E-state index in [-0.39, 0.29) is 0 Å². The van der Waals surface area contributed by atoms with Crippen LogP contribution in [0.2, 0.25) is 5.02 Å². The molecule has 0 saturated carbocycles. The third kappa shape index (κ3) is 3.01. The van der Waals surface area contributed by atoms with Gasteiger partial charge in [-0.1, -0.05) is 23.7 Å². The zero-order valence-electron chi connectivity index (χ0n) is 13.3. The van der Waals surface area contributed by atoms with E-state index in [1.54, 1.807) is 18.6 Å². The van der Waals surface area contributed by atoms with E-state index >= 15 is 0 Å². The van der Waals surface area contributed by atoms with Gasteiger partial charge in [0.1, 0.15) is 16.6 Å². The quantitative estimate of drug-likeness (QED) is 0.544. The number of anilines is 1. The Bertz CT molecular complexity index is 1040. The summed E-state index contributed by atoms with van der Waals surface area (Å²) in [6, 6.07) is 9.65. The van der Waals surface area contributed by atoms with Crippen LogP contribution in [-0.4, -0.2) is 19.9 Å². The van der Waals surface area contributed by atoms with Gasteiger partial charge < -0.3 is 10.7 Å². The topological polar surface area (TPSA) is 80.5 Å². The van der Waals surface area contributed by atoms with Gasteiger partial charge in [-0.2, -0.15) is 0 Å². The Labute approximate surface area is 153 Å². The van der Waals surface area contributed by atoms with Crippen LogP contribution in [0.15, 0.2) is 48.9 Å². The first-order valence-electron chi connectivity index (χ1n) is 7.61. The van der Waals surface area contributed by atoms with Gasteiger partial charge in [0.2, 0.25) is 0 Å². The van der Waals surface area contributed by atoms with Crippen molar-refractivity contribution in [3.63, 3.8) is 0 Å². The third-order valence-electron chi connectivity index (χ3n) is 3.75. The van der Waals surface area contributed by atoms with Gasteiger partial charge in [-0.25, -0.2) is 15.0 Å². The SMILES string of the molecule is Cc1ccc(-c2nc(-c3ccnc(N)c3)sc2-c2ncc[nH]2)c(Cl)c1. The number of benzene rings is 1. The van der Waals surface area contributed by atoms with Crippen LogP contribution in [0.25, 0.3) is 32.5 Å². The molecule has 5 nitrogen and oxygen atoms in total. The second-order valence-electron chi connectivity index (χ2n) is 5.59. The van der Waals surface area contributed by atoms with Crippen molar-refractivity contribution < 1.29 is 0 Å². The van der Waals surface area contributed by atoms with Crippen molar-refractivity contribution in [2.75, 3.05) is 5.73 Å². The van der Waals surface area contributed by atoms with Gasteiger partial charge in [-0.15, -0.1) is 11.3 Å². The van der Waals surface area contributed by atoms with E-state index in [1.165, 1.54) is 11.3 Å². The number of halogens is 1. The van der Waals surface area contributed by atoms with E-state index in [1.807, 2.05) is 37.3 Å². The number of nitrogens with zero attached hydrogens (tertiary/aromatic N) is 3. The Kier molecular flexibility index (Phi) is 3.99. The number of rotatable bonds is 3. The first-order valence-corrected chi connectivity index (χ1v) is 8.80. The molecule has 124 valence electrons. The first kappa shape index (κ1) is 15.8. The van der Waals surface area contributed by atoms with Crippen molar-refractivity contribution in [1.29, 1.82) is 0 Å². The lowest BCUT2D eigenvalue weighted by atomic mass is 10.1. The molecule has 0 fully saturated rings. The number of nitrogen functional groups attached to an aromatic ring is 1. The normalized spacial score (nSPS) is 11.0. The van der Waals surface area contributed by atoms with Crippen LogP contribution in [0.3, 0.4) is 0 Å². The first-order chi connectivity index (χ1) is 12.1. The van der Waals surface area contributed by atoms with Gasteiger partial charge in [0.25, 0.3) is 0 Å². The average molecular weight is 368 g/mol. The number of H-pyrrole nitrogens is 1. The number of aryl methyl sites for hydroxylation is 1. The van der Waals surface area contributed by atoms with Crippen molar-refractivity contribution in [2.24, 2.45) is 0 Å². The van der Waals surface area contributed by atoms with Crippen LogP contribution in [-0.2, 0) is 0 Å². The standard InChI is InChI=1S/C18H14ClN5S/c1-10-2-3-12(13(19)8-10)15-16(17-22-6-7-23-17)25-18(24-15)11-4-5-21-14(20)9-11/h2-9H,1H3,(H2,20,21)(H,22,23). The second-order valence-corrected chi connectivity index (χ2v) is 6.99. The Morgan fingerprint density at radius 3 is 2.72 bits per heavy atom. The maximum absolute atomic E-state index is 6.48. The summed E-state index contributed by atoms with van der Waals surface area (Å²) >= 11 is 8.02. The van der Waals surface area contributed by atoms with Crippen LogP contribution >= 0.6 is 22.9 Å². The minimum absolute atomic E-state index is 0.460. The van der Waals surface area contributed by atoms with Crippen LogP contribution < -0.4 is 5.73 Å². The fourth-order valence-corrected chi connectivity index (χ4v) is 3.93. The van der Waals surface area contributed by atoms with E-state index in [2.05, 4.69) is 15.0 Å². The molecule has 0 amide bonds. The lowest BCUT2D eigenvalue weighted by Gasteiger charge is -2.04. The van der Waals surface area contributed by atoms with E-state index in [4.69, 9.17) is 22.3 Å². The minimum atomic E-state index is 0.460. The minimum Gasteiger partial charge on any atom is -0.384 e. The summed E-state index contributed by atoms with van der Waals surface area (Å²) in [5.41, 5.74) is 9.51. The van der Waals surface area contributed by atoms with Crippen molar-refractivity contribution in [3.05, 3.63) is 59.5 Å². The van der Waals surface area contributed by atoms with Gasteiger partial charge in [-0.05, 0) is 30.7 Å². The van der Waals surface area contributed by atoms with Gasteiger partial charge in [0.05, 0.1) is 15.6 Å². The summed E-state index contributed by atoms with van der Waals surface area (Å²) in [5, 5.41) is 1.51. The molecule has 0 bridgehead atoms. The van der Waals surface area contributed by atoms with Gasteiger partial charge in [0, 0.05) is 29.7 Å². The summed E-state index contributed by atoms with van der Waals surface area (Å²) < 4.78 is 0. The lowest BCUT2D eigenvalue weighted by Crippen LogP contribution is -1.89. The summed E-state index contributed by atoms with van der Waals surface area (Å²) in [6.45, 7) is 2.01. The van der Waals surface area contributed by atoms with Crippen molar-refractivity contribution in [3.8, 4) is 32.5 Å². The number of hydrogen-bond acceptors (Lipinski definition) is 5. The number of nitrogens with one attached hydrogen (secondary N) is 1. The molecule has 0 spiro atoms. The van der Waals surface area contributed by atoms with E-state index in [0.717, 1.165) is 38.1 Å². The largest absolute Gasteiger partial charge is 0.384 e. The Hall–Kier alpha value is -2.70. The zero-order valence-corrected chi connectivity index (χ0v) is 14.9. The number of nitrogens with two attached hydrogens (primary N) is 1. The van der Waals surface area contributed by atoms with Gasteiger partial charge >= 0.3 is 0 Å². The van der Waals surface area contributed by atoms with Crippen LogP contribution in [0.1, 0.15) is 5.56 Å². The fourth-order valence-electron chi connectivity index (χ4n) is 2.57. The molecule has 0 atom stereocenters. The highest BCUT2D eigenvalue weighted by Gasteiger charge is 2.19. The highest BCUT2D eigenvalue weighted by molar-refractivity contribution is 7.18. The number of aromatic amines is 1. The maximum Gasteiger partial charge on any atom is 0.149 e. The summed E-state index contributed by atoms with van der Waals surface area (Å²) in [4.78, 5) is 17.3. The molecule has 3 aromatic heterocycles. The molecule has 25 heavy (non-hydrogen) atoms. The fraction of sp³-hybridized carbons (Fsp3) is 0.0556. The Morgan fingerprint density at radius 1 is 1.12 bits per heavy atom. The Balaban J connectivity index is 1.93. The molecular formula is C18H14ClN5S. The number of thiazole rings is 1. The predicted molar refractivity (Wildman–Crippen MR) is 103 cm³/mol. The lowest BCUT2D eigenvalue weighted by molar-refractivity contribution is 1.30. The van der Waals surface area contributed by atoms with Gasteiger partial charge in [0.15, 0.2) is 0 Å².